The first kappa shape index (κ1) is 15.7. The fraction of sp³-hybridized carbons (Fsp3) is 0.167. The zero-order chi connectivity index (χ0) is 17.1. The molecule has 0 fully saturated rings. The standard InChI is InChI=1S/C18H17N3O3/c1-3-24-18(23)12-7-4-5-9-14(12)21-17(22)13-8-6-10-15-16(13)20-11(2)19-15/h4-10H,3H2,1-2H3,(H,19,20)(H,21,22). The van der Waals surface area contributed by atoms with E-state index in [0.29, 0.717) is 22.3 Å². The number of esters is 1. The van der Waals surface area contributed by atoms with E-state index >= 15 is 0 Å². The van der Waals surface area contributed by atoms with Gasteiger partial charge in [0.1, 0.15) is 11.3 Å². The number of hydrogen-bond donors (Lipinski definition) is 2. The third-order valence-electron chi connectivity index (χ3n) is 3.55. The quantitative estimate of drug-likeness (QED) is 0.722. The summed E-state index contributed by atoms with van der Waals surface area (Å²) >= 11 is 0. The van der Waals surface area contributed by atoms with Crippen LogP contribution in [-0.4, -0.2) is 28.5 Å². The number of ether oxygens (including phenoxy) is 1. The van der Waals surface area contributed by atoms with E-state index in [1.165, 1.54) is 0 Å². The first-order valence-corrected chi connectivity index (χ1v) is 7.63. The molecule has 122 valence electrons. The van der Waals surface area contributed by atoms with Gasteiger partial charge in [0, 0.05) is 0 Å². The van der Waals surface area contributed by atoms with Crippen molar-refractivity contribution in [3.05, 3.63) is 59.4 Å². The van der Waals surface area contributed by atoms with Gasteiger partial charge in [-0.05, 0) is 38.1 Å². The summed E-state index contributed by atoms with van der Waals surface area (Å²) in [5, 5.41) is 2.77. The number of benzene rings is 2. The molecule has 24 heavy (non-hydrogen) atoms. The van der Waals surface area contributed by atoms with Gasteiger partial charge in [-0.15, -0.1) is 0 Å². The lowest BCUT2D eigenvalue weighted by Gasteiger charge is -2.10. The second-order valence-electron chi connectivity index (χ2n) is 5.24. The van der Waals surface area contributed by atoms with Crippen molar-refractivity contribution in [1.82, 2.24) is 9.97 Å². The SMILES string of the molecule is CCOC(=O)c1ccccc1NC(=O)c1cccc2[nH]c(C)nc12. The molecule has 2 N–H and O–H groups in total. The van der Waals surface area contributed by atoms with Crippen LogP contribution in [0.1, 0.15) is 33.5 Å². The Bertz CT molecular complexity index is 915. The highest BCUT2D eigenvalue weighted by Crippen LogP contribution is 2.20. The number of para-hydroxylation sites is 2. The van der Waals surface area contributed by atoms with Crippen molar-refractivity contribution < 1.29 is 14.3 Å². The van der Waals surface area contributed by atoms with E-state index in [-0.39, 0.29) is 12.5 Å². The summed E-state index contributed by atoms with van der Waals surface area (Å²) in [4.78, 5) is 32.1. The van der Waals surface area contributed by atoms with Crippen LogP contribution in [0, 0.1) is 6.92 Å². The lowest BCUT2D eigenvalue weighted by atomic mass is 10.1. The third kappa shape index (κ3) is 2.99. The number of hydrogen-bond acceptors (Lipinski definition) is 4. The van der Waals surface area contributed by atoms with Crippen LogP contribution in [0.3, 0.4) is 0 Å². The minimum atomic E-state index is -0.470. The minimum Gasteiger partial charge on any atom is -0.462 e. The van der Waals surface area contributed by atoms with Gasteiger partial charge in [0.05, 0.1) is 28.9 Å². The van der Waals surface area contributed by atoms with E-state index in [1.807, 2.05) is 13.0 Å². The second-order valence-corrected chi connectivity index (χ2v) is 5.24. The molecule has 6 heteroatoms. The average molecular weight is 323 g/mol. The Morgan fingerprint density at radius 1 is 1.12 bits per heavy atom. The Hall–Kier alpha value is -3.15. The van der Waals surface area contributed by atoms with E-state index < -0.39 is 5.97 Å². The lowest BCUT2D eigenvalue weighted by Crippen LogP contribution is -2.16. The topological polar surface area (TPSA) is 84.1 Å². The zero-order valence-corrected chi connectivity index (χ0v) is 13.4. The van der Waals surface area contributed by atoms with E-state index in [2.05, 4.69) is 15.3 Å². The molecule has 6 nitrogen and oxygen atoms in total. The molecule has 0 aliphatic rings. The molecule has 0 atom stereocenters. The summed E-state index contributed by atoms with van der Waals surface area (Å²) in [6.45, 7) is 3.84. The molecule has 0 aliphatic carbocycles. The Morgan fingerprint density at radius 2 is 1.88 bits per heavy atom. The monoisotopic (exact) mass is 323 g/mol. The first-order valence-electron chi connectivity index (χ1n) is 7.63. The summed E-state index contributed by atoms with van der Waals surface area (Å²) in [6, 6.07) is 12.1. The molecule has 1 aromatic heterocycles. The van der Waals surface area contributed by atoms with Gasteiger partial charge in [-0.1, -0.05) is 18.2 Å². The number of aromatic nitrogens is 2. The van der Waals surface area contributed by atoms with E-state index in [1.54, 1.807) is 43.3 Å². The van der Waals surface area contributed by atoms with Crippen LogP contribution in [0.4, 0.5) is 5.69 Å². The molecule has 0 radical (unpaired) electrons. The number of aryl methyl sites for hydroxylation is 1. The number of aromatic amines is 1. The molecule has 3 rings (SSSR count). The van der Waals surface area contributed by atoms with Gasteiger partial charge in [0.2, 0.25) is 0 Å². The smallest absolute Gasteiger partial charge is 0.340 e. The van der Waals surface area contributed by atoms with Crippen LogP contribution in [-0.2, 0) is 4.74 Å². The van der Waals surface area contributed by atoms with E-state index in [0.717, 1.165) is 11.3 Å². The summed E-state index contributed by atoms with van der Waals surface area (Å²) in [5.74, 6) is -0.0664. The number of anilines is 1. The maximum atomic E-state index is 12.7. The maximum absolute atomic E-state index is 12.7. The molecular weight excluding hydrogens is 306 g/mol. The molecule has 1 amide bonds. The normalized spacial score (nSPS) is 10.6. The fourth-order valence-electron chi connectivity index (χ4n) is 2.51. The van der Waals surface area contributed by atoms with Crippen molar-refractivity contribution in [3.63, 3.8) is 0 Å². The first-order chi connectivity index (χ1) is 11.6. The molecule has 0 aliphatic heterocycles. The number of rotatable bonds is 4. The molecule has 2 aromatic carbocycles. The van der Waals surface area contributed by atoms with Crippen LogP contribution in [0.25, 0.3) is 11.0 Å². The molecule has 1 heterocycles. The summed E-state index contributed by atoms with van der Waals surface area (Å²) in [5.41, 5.74) is 2.55. The number of imidazole rings is 1. The largest absolute Gasteiger partial charge is 0.462 e. The highest BCUT2D eigenvalue weighted by molar-refractivity contribution is 6.13. The van der Waals surface area contributed by atoms with Gasteiger partial charge in [0.25, 0.3) is 5.91 Å². The molecule has 3 aromatic rings. The van der Waals surface area contributed by atoms with Crippen molar-refractivity contribution in [1.29, 1.82) is 0 Å². The highest BCUT2D eigenvalue weighted by Gasteiger charge is 2.17. The van der Waals surface area contributed by atoms with Gasteiger partial charge >= 0.3 is 5.97 Å². The Kier molecular flexibility index (Phi) is 4.29. The van der Waals surface area contributed by atoms with E-state index in [4.69, 9.17) is 4.74 Å². The van der Waals surface area contributed by atoms with Crippen molar-refractivity contribution in [3.8, 4) is 0 Å². The van der Waals surface area contributed by atoms with Crippen molar-refractivity contribution in [2.75, 3.05) is 11.9 Å². The van der Waals surface area contributed by atoms with Crippen molar-refractivity contribution in [2.45, 2.75) is 13.8 Å². The zero-order valence-electron chi connectivity index (χ0n) is 13.4. The number of H-pyrrole nitrogens is 1. The third-order valence-corrected chi connectivity index (χ3v) is 3.55. The predicted molar refractivity (Wildman–Crippen MR) is 91.2 cm³/mol. The fourth-order valence-corrected chi connectivity index (χ4v) is 2.51. The number of carbonyl (C=O) groups excluding carboxylic acids is 2. The summed E-state index contributed by atoms with van der Waals surface area (Å²) < 4.78 is 5.02. The van der Waals surface area contributed by atoms with Gasteiger partial charge in [-0.25, -0.2) is 9.78 Å². The molecule has 0 unspecified atom stereocenters. The van der Waals surface area contributed by atoms with Crippen LogP contribution in [0.5, 0.6) is 0 Å². The van der Waals surface area contributed by atoms with Gasteiger partial charge in [-0.2, -0.15) is 0 Å². The number of fused-ring (bicyclic) bond motifs is 1. The van der Waals surface area contributed by atoms with Gasteiger partial charge in [0.15, 0.2) is 0 Å². The minimum absolute atomic E-state index is 0.271. The number of amides is 1. The van der Waals surface area contributed by atoms with Crippen LogP contribution < -0.4 is 5.32 Å². The van der Waals surface area contributed by atoms with Crippen LogP contribution in [0.2, 0.25) is 0 Å². The van der Waals surface area contributed by atoms with Gasteiger partial charge < -0.3 is 15.0 Å². The Labute approximate surface area is 138 Å². The van der Waals surface area contributed by atoms with Crippen molar-refractivity contribution >= 4 is 28.6 Å². The molecular formula is C18H17N3O3. The highest BCUT2D eigenvalue weighted by atomic mass is 16.5. The summed E-state index contributed by atoms with van der Waals surface area (Å²) in [7, 11) is 0. The summed E-state index contributed by atoms with van der Waals surface area (Å²) in [6.07, 6.45) is 0. The van der Waals surface area contributed by atoms with Crippen LogP contribution in [0.15, 0.2) is 42.5 Å². The number of nitrogens with one attached hydrogen (secondary N) is 2. The second kappa shape index (κ2) is 6.54. The average Bonchev–Trinajstić information content (AvgIpc) is 2.95. The van der Waals surface area contributed by atoms with Gasteiger partial charge in [-0.3, -0.25) is 4.79 Å². The lowest BCUT2D eigenvalue weighted by molar-refractivity contribution is 0.0527. The Balaban J connectivity index is 1.94. The van der Waals surface area contributed by atoms with Crippen molar-refractivity contribution in [2.24, 2.45) is 0 Å². The number of carbonyl (C=O) groups is 2. The molecule has 0 spiro atoms. The molecule has 0 bridgehead atoms. The predicted octanol–water partition coefficient (Wildman–Crippen LogP) is 3.30. The molecule has 0 saturated carbocycles. The van der Waals surface area contributed by atoms with Crippen LogP contribution >= 0.6 is 0 Å². The molecule has 0 saturated heterocycles. The maximum Gasteiger partial charge on any atom is 0.340 e. The Morgan fingerprint density at radius 3 is 2.67 bits per heavy atom. The van der Waals surface area contributed by atoms with E-state index in [9.17, 15) is 9.59 Å². The number of nitrogens with zero attached hydrogens (tertiary/aromatic N) is 1.